The highest BCUT2D eigenvalue weighted by Crippen LogP contribution is 2.30. The molecule has 0 bridgehead atoms. The third kappa shape index (κ3) is 5.00. The monoisotopic (exact) mass is 494 g/mol. The fraction of sp³-hybridized carbons (Fsp3) is 0.458. The molecule has 190 valence electrons. The summed E-state index contributed by atoms with van der Waals surface area (Å²) < 4.78 is 14.6. The summed E-state index contributed by atoms with van der Waals surface area (Å²) in [6.45, 7) is 8.54. The molecule has 11 nitrogen and oxygen atoms in total. The summed E-state index contributed by atoms with van der Waals surface area (Å²) >= 11 is 0. The van der Waals surface area contributed by atoms with Crippen LogP contribution in [0, 0.1) is 18.7 Å². The van der Waals surface area contributed by atoms with Gasteiger partial charge in [0.25, 0.3) is 0 Å². The molecular formula is C24H31FN10O. The number of hydrazine groups is 1. The van der Waals surface area contributed by atoms with Gasteiger partial charge in [-0.15, -0.1) is 0 Å². The average molecular weight is 495 g/mol. The zero-order valence-corrected chi connectivity index (χ0v) is 20.7. The first-order valence-electron chi connectivity index (χ1n) is 12.1. The lowest BCUT2D eigenvalue weighted by atomic mass is 9.89. The van der Waals surface area contributed by atoms with Crippen molar-refractivity contribution >= 4 is 17.7 Å². The van der Waals surface area contributed by atoms with E-state index in [1.807, 2.05) is 32.9 Å². The maximum atomic E-state index is 13.2. The molecule has 5 rings (SSSR count). The van der Waals surface area contributed by atoms with E-state index >= 15 is 0 Å². The van der Waals surface area contributed by atoms with E-state index in [2.05, 4.69) is 48.4 Å². The lowest BCUT2D eigenvalue weighted by molar-refractivity contribution is -0.127. The first-order chi connectivity index (χ1) is 17.3. The Balaban J connectivity index is 1.18. The number of aryl methyl sites for hydroxylation is 1. The van der Waals surface area contributed by atoms with Crippen LogP contribution in [0.4, 0.5) is 16.2 Å². The zero-order chi connectivity index (χ0) is 25.4. The molecule has 2 unspecified atom stereocenters. The van der Waals surface area contributed by atoms with E-state index in [4.69, 9.17) is 4.98 Å². The summed E-state index contributed by atoms with van der Waals surface area (Å²) in [6.07, 6.45) is 5.10. The lowest BCUT2D eigenvalue weighted by Crippen LogP contribution is -2.61. The van der Waals surface area contributed by atoms with Crippen molar-refractivity contribution in [3.8, 4) is 5.82 Å². The van der Waals surface area contributed by atoms with Crippen LogP contribution in [-0.4, -0.2) is 55.4 Å². The highest BCUT2D eigenvalue weighted by molar-refractivity contribution is 5.82. The normalized spacial score (nSPS) is 24.3. The van der Waals surface area contributed by atoms with E-state index in [0.29, 0.717) is 24.4 Å². The topological polar surface area (TPSA) is 125 Å². The predicted octanol–water partition coefficient (Wildman–Crippen LogP) is 1.83. The van der Waals surface area contributed by atoms with Crippen molar-refractivity contribution in [2.45, 2.75) is 58.4 Å². The van der Waals surface area contributed by atoms with Gasteiger partial charge in [-0.1, -0.05) is 6.07 Å². The SMILES string of the molecule is Cc1cc(NC2CC(C)NN2)nc(N2C[C@@H](C(=O)N[C@@H](C)c3ccc(-n4cc(F)cn4)nc3)[C@@H]2C)n1. The molecule has 5 heterocycles. The van der Waals surface area contributed by atoms with Crippen molar-refractivity contribution < 1.29 is 9.18 Å². The van der Waals surface area contributed by atoms with E-state index in [-0.39, 0.29) is 30.1 Å². The summed E-state index contributed by atoms with van der Waals surface area (Å²) in [7, 11) is 0. The van der Waals surface area contributed by atoms with Gasteiger partial charge in [0.1, 0.15) is 5.82 Å². The number of carbonyl (C=O) groups is 1. The molecule has 4 N–H and O–H groups in total. The second kappa shape index (κ2) is 9.78. The quantitative estimate of drug-likeness (QED) is 0.389. The first-order valence-corrected chi connectivity index (χ1v) is 12.1. The Hall–Kier alpha value is -3.64. The van der Waals surface area contributed by atoms with E-state index in [1.165, 1.54) is 10.9 Å². The number of hydrogen-bond acceptors (Lipinski definition) is 9. The number of aromatic nitrogens is 5. The van der Waals surface area contributed by atoms with Gasteiger partial charge in [-0.05, 0) is 45.7 Å². The summed E-state index contributed by atoms with van der Waals surface area (Å²) in [5.41, 5.74) is 8.13. The molecule has 0 saturated carbocycles. The molecule has 2 fully saturated rings. The van der Waals surface area contributed by atoms with Gasteiger partial charge < -0.3 is 15.5 Å². The Morgan fingerprint density at radius 1 is 1.22 bits per heavy atom. The number of amides is 1. The average Bonchev–Trinajstić information content (AvgIpc) is 3.45. The Morgan fingerprint density at radius 3 is 2.69 bits per heavy atom. The minimum absolute atomic E-state index is 0.0225. The zero-order valence-electron chi connectivity index (χ0n) is 20.7. The van der Waals surface area contributed by atoms with Crippen molar-refractivity contribution in [3.05, 3.63) is 53.9 Å². The van der Waals surface area contributed by atoms with Crippen LogP contribution in [0.2, 0.25) is 0 Å². The van der Waals surface area contributed by atoms with Gasteiger partial charge in [-0.2, -0.15) is 10.1 Å². The van der Waals surface area contributed by atoms with Crippen LogP contribution >= 0.6 is 0 Å². The second-order valence-corrected chi connectivity index (χ2v) is 9.60. The van der Waals surface area contributed by atoms with Gasteiger partial charge in [0, 0.05) is 36.6 Å². The number of nitrogens with zero attached hydrogens (tertiary/aromatic N) is 6. The van der Waals surface area contributed by atoms with Crippen LogP contribution in [0.25, 0.3) is 5.82 Å². The fourth-order valence-electron chi connectivity index (χ4n) is 4.54. The summed E-state index contributed by atoms with van der Waals surface area (Å²) in [5, 5.41) is 10.4. The van der Waals surface area contributed by atoms with Crippen LogP contribution in [0.15, 0.2) is 36.8 Å². The van der Waals surface area contributed by atoms with Crippen molar-refractivity contribution in [2.24, 2.45) is 5.92 Å². The third-order valence-electron chi connectivity index (χ3n) is 6.73. The lowest BCUT2D eigenvalue weighted by Gasteiger charge is -2.45. The summed E-state index contributed by atoms with van der Waals surface area (Å²) in [5.74, 6) is 1.27. The highest BCUT2D eigenvalue weighted by Gasteiger charge is 2.42. The standard InChI is InChI=1S/C24H31FN10O/c1-13-7-20(30-21-8-14(2)32-33-21)31-24(28-13)34-12-19(16(34)4)23(36)29-15(3)17-5-6-22(26-9-17)35-11-18(25)10-27-35/h5-7,9-11,14-16,19,21,32-33H,8,12H2,1-4H3,(H,29,36)(H,28,30,31)/t14?,15-,16-,19+,21?/m0/s1. The maximum Gasteiger partial charge on any atom is 0.227 e. The second-order valence-electron chi connectivity index (χ2n) is 9.60. The van der Waals surface area contributed by atoms with Gasteiger partial charge in [0.2, 0.25) is 11.9 Å². The van der Waals surface area contributed by atoms with E-state index in [1.54, 1.807) is 12.3 Å². The van der Waals surface area contributed by atoms with E-state index in [9.17, 15) is 9.18 Å². The van der Waals surface area contributed by atoms with Gasteiger partial charge in [-0.3, -0.25) is 10.2 Å². The van der Waals surface area contributed by atoms with E-state index < -0.39 is 5.82 Å². The largest absolute Gasteiger partial charge is 0.353 e. The number of carbonyl (C=O) groups excluding carboxylic acids is 1. The highest BCUT2D eigenvalue weighted by atomic mass is 19.1. The first kappa shape index (κ1) is 24.1. The Labute approximate surface area is 208 Å². The summed E-state index contributed by atoms with van der Waals surface area (Å²) in [4.78, 5) is 28.7. The number of nitrogens with one attached hydrogen (secondary N) is 4. The third-order valence-corrected chi connectivity index (χ3v) is 6.73. The van der Waals surface area contributed by atoms with Gasteiger partial charge in [0.15, 0.2) is 11.6 Å². The maximum absolute atomic E-state index is 13.2. The fourth-order valence-corrected chi connectivity index (χ4v) is 4.54. The van der Waals surface area contributed by atoms with Crippen molar-refractivity contribution in [3.63, 3.8) is 0 Å². The molecule has 0 radical (unpaired) electrons. The molecule has 3 aromatic rings. The number of anilines is 2. The molecule has 0 aromatic carbocycles. The van der Waals surface area contributed by atoms with Crippen molar-refractivity contribution in [2.75, 3.05) is 16.8 Å². The molecule has 3 aromatic heterocycles. The van der Waals surface area contributed by atoms with Crippen LogP contribution < -0.4 is 26.4 Å². The van der Waals surface area contributed by atoms with Crippen LogP contribution in [0.5, 0.6) is 0 Å². The number of pyridine rings is 1. The molecule has 36 heavy (non-hydrogen) atoms. The predicted molar refractivity (Wildman–Crippen MR) is 133 cm³/mol. The molecule has 0 aliphatic carbocycles. The Bertz CT molecular complexity index is 1230. The van der Waals surface area contributed by atoms with Crippen molar-refractivity contribution in [1.29, 1.82) is 0 Å². The van der Waals surface area contributed by atoms with Gasteiger partial charge in [0.05, 0.1) is 30.5 Å². The molecule has 1 amide bonds. The molecule has 2 aliphatic heterocycles. The molecule has 12 heteroatoms. The molecule has 2 saturated heterocycles. The molecular weight excluding hydrogens is 463 g/mol. The molecule has 2 aliphatic rings. The van der Waals surface area contributed by atoms with Crippen LogP contribution in [0.3, 0.4) is 0 Å². The Kier molecular flexibility index (Phi) is 6.54. The van der Waals surface area contributed by atoms with Crippen molar-refractivity contribution in [1.82, 2.24) is 40.9 Å². The molecule has 0 spiro atoms. The van der Waals surface area contributed by atoms with E-state index in [0.717, 1.165) is 29.7 Å². The minimum Gasteiger partial charge on any atom is -0.353 e. The number of halogens is 1. The van der Waals surface area contributed by atoms with Crippen LogP contribution in [0.1, 0.15) is 44.5 Å². The smallest absolute Gasteiger partial charge is 0.227 e. The van der Waals surface area contributed by atoms with Gasteiger partial charge in [-0.25, -0.2) is 24.5 Å². The minimum atomic E-state index is -0.425. The summed E-state index contributed by atoms with van der Waals surface area (Å²) in [6, 6.07) is 5.65. The van der Waals surface area contributed by atoms with Gasteiger partial charge >= 0.3 is 0 Å². The molecule has 5 atom stereocenters. The Morgan fingerprint density at radius 2 is 2.06 bits per heavy atom. The number of rotatable bonds is 7. The number of hydrogen-bond donors (Lipinski definition) is 4. The van der Waals surface area contributed by atoms with Crippen LogP contribution in [-0.2, 0) is 4.79 Å².